The highest BCUT2D eigenvalue weighted by atomic mass is 16.5. The molecule has 74 valence electrons. The molecule has 1 atom stereocenters. The van der Waals surface area contributed by atoms with Gasteiger partial charge >= 0.3 is 0 Å². The zero-order valence-corrected chi connectivity index (χ0v) is 8.41. The standard InChI is InChI=1S/C13H16O/c1-2-11-7-3-4-8-12(11)13-9-5-6-10-14-13/h2-4,7-8,13H,1,5-6,9-10H2. The van der Waals surface area contributed by atoms with E-state index >= 15 is 0 Å². The smallest absolute Gasteiger partial charge is 0.0830 e. The summed E-state index contributed by atoms with van der Waals surface area (Å²) in [5.74, 6) is 0. The average molecular weight is 188 g/mol. The molecule has 1 saturated heterocycles. The molecular formula is C13H16O. The van der Waals surface area contributed by atoms with Crippen LogP contribution in [-0.4, -0.2) is 6.61 Å². The summed E-state index contributed by atoms with van der Waals surface area (Å²) in [6.45, 7) is 4.73. The molecular weight excluding hydrogens is 172 g/mol. The highest BCUT2D eigenvalue weighted by Gasteiger charge is 2.17. The van der Waals surface area contributed by atoms with E-state index in [4.69, 9.17) is 4.74 Å². The summed E-state index contributed by atoms with van der Waals surface area (Å²) < 4.78 is 5.76. The Morgan fingerprint density at radius 2 is 2.14 bits per heavy atom. The van der Waals surface area contributed by atoms with E-state index in [-0.39, 0.29) is 6.10 Å². The van der Waals surface area contributed by atoms with Gasteiger partial charge < -0.3 is 4.74 Å². The van der Waals surface area contributed by atoms with Crippen molar-refractivity contribution in [3.63, 3.8) is 0 Å². The van der Waals surface area contributed by atoms with Crippen LogP contribution in [0, 0.1) is 0 Å². The van der Waals surface area contributed by atoms with E-state index < -0.39 is 0 Å². The van der Waals surface area contributed by atoms with Crippen molar-refractivity contribution in [1.29, 1.82) is 0 Å². The van der Waals surface area contributed by atoms with Crippen molar-refractivity contribution < 1.29 is 4.74 Å². The van der Waals surface area contributed by atoms with E-state index in [1.165, 1.54) is 24.0 Å². The highest BCUT2D eigenvalue weighted by molar-refractivity contribution is 5.52. The molecule has 1 aromatic carbocycles. The Bertz CT molecular complexity index is 311. The van der Waals surface area contributed by atoms with Crippen molar-refractivity contribution >= 4 is 6.08 Å². The fourth-order valence-electron chi connectivity index (χ4n) is 1.98. The maximum atomic E-state index is 5.76. The van der Waals surface area contributed by atoms with Gasteiger partial charge in [-0.05, 0) is 30.4 Å². The van der Waals surface area contributed by atoms with Crippen LogP contribution in [0.15, 0.2) is 30.8 Å². The summed E-state index contributed by atoms with van der Waals surface area (Å²) in [6, 6.07) is 8.36. The van der Waals surface area contributed by atoms with Crippen LogP contribution in [0.5, 0.6) is 0 Å². The molecule has 14 heavy (non-hydrogen) atoms. The van der Waals surface area contributed by atoms with Crippen LogP contribution in [0.4, 0.5) is 0 Å². The Hall–Kier alpha value is -1.08. The Morgan fingerprint density at radius 3 is 2.86 bits per heavy atom. The zero-order chi connectivity index (χ0) is 9.80. The second-order valence-electron chi connectivity index (χ2n) is 3.69. The number of benzene rings is 1. The molecule has 1 heteroatoms. The van der Waals surface area contributed by atoms with Gasteiger partial charge in [0.25, 0.3) is 0 Å². The van der Waals surface area contributed by atoms with E-state index in [0.29, 0.717) is 0 Å². The first-order valence-electron chi connectivity index (χ1n) is 5.25. The van der Waals surface area contributed by atoms with E-state index in [0.717, 1.165) is 13.0 Å². The van der Waals surface area contributed by atoms with Gasteiger partial charge in [-0.1, -0.05) is 36.9 Å². The second-order valence-corrected chi connectivity index (χ2v) is 3.69. The fraction of sp³-hybridized carbons (Fsp3) is 0.385. The Labute approximate surface area is 85.4 Å². The normalized spacial score (nSPS) is 21.9. The molecule has 1 nitrogen and oxygen atoms in total. The number of ether oxygens (including phenoxy) is 1. The van der Waals surface area contributed by atoms with Crippen molar-refractivity contribution in [2.45, 2.75) is 25.4 Å². The van der Waals surface area contributed by atoms with Crippen LogP contribution in [0.1, 0.15) is 36.5 Å². The van der Waals surface area contributed by atoms with Crippen LogP contribution < -0.4 is 0 Å². The lowest BCUT2D eigenvalue weighted by atomic mass is 9.97. The summed E-state index contributed by atoms with van der Waals surface area (Å²) in [5.41, 5.74) is 2.50. The van der Waals surface area contributed by atoms with Gasteiger partial charge in [-0.25, -0.2) is 0 Å². The van der Waals surface area contributed by atoms with Gasteiger partial charge in [0.2, 0.25) is 0 Å². The Morgan fingerprint density at radius 1 is 1.29 bits per heavy atom. The lowest BCUT2D eigenvalue weighted by Crippen LogP contribution is -2.12. The van der Waals surface area contributed by atoms with Crippen molar-refractivity contribution in [2.24, 2.45) is 0 Å². The summed E-state index contributed by atoms with van der Waals surface area (Å²) in [6.07, 6.45) is 5.82. The number of hydrogen-bond donors (Lipinski definition) is 0. The molecule has 0 N–H and O–H groups in total. The van der Waals surface area contributed by atoms with Crippen LogP contribution in [-0.2, 0) is 4.74 Å². The molecule has 1 heterocycles. The molecule has 1 aliphatic heterocycles. The molecule has 0 amide bonds. The lowest BCUT2D eigenvalue weighted by molar-refractivity contribution is 0.0148. The summed E-state index contributed by atoms with van der Waals surface area (Å²) in [4.78, 5) is 0. The van der Waals surface area contributed by atoms with Crippen LogP contribution >= 0.6 is 0 Å². The molecule has 2 rings (SSSR count). The van der Waals surface area contributed by atoms with Crippen molar-refractivity contribution in [1.82, 2.24) is 0 Å². The molecule has 0 saturated carbocycles. The largest absolute Gasteiger partial charge is 0.374 e. The van der Waals surface area contributed by atoms with Gasteiger partial charge in [0, 0.05) is 6.61 Å². The minimum atomic E-state index is 0.290. The third-order valence-electron chi connectivity index (χ3n) is 2.74. The van der Waals surface area contributed by atoms with E-state index in [1.54, 1.807) is 0 Å². The third kappa shape index (κ3) is 1.88. The van der Waals surface area contributed by atoms with Gasteiger partial charge in [-0.15, -0.1) is 0 Å². The van der Waals surface area contributed by atoms with Crippen molar-refractivity contribution in [3.8, 4) is 0 Å². The fourth-order valence-corrected chi connectivity index (χ4v) is 1.98. The maximum absolute atomic E-state index is 5.76. The minimum absolute atomic E-state index is 0.290. The monoisotopic (exact) mass is 188 g/mol. The Balaban J connectivity index is 2.24. The van der Waals surface area contributed by atoms with Crippen LogP contribution in [0.25, 0.3) is 6.08 Å². The quantitative estimate of drug-likeness (QED) is 0.689. The van der Waals surface area contributed by atoms with E-state index in [9.17, 15) is 0 Å². The van der Waals surface area contributed by atoms with Crippen LogP contribution in [0.3, 0.4) is 0 Å². The maximum Gasteiger partial charge on any atom is 0.0830 e. The first-order valence-corrected chi connectivity index (χ1v) is 5.25. The molecule has 1 unspecified atom stereocenters. The molecule has 0 radical (unpaired) electrons. The van der Waals surface area contributed by atoms with Gasteiger partial charge in [0.05, 0.1) is 6.10 Å². The van der Waals surface area contributed by atoms with Crippen molar-refractivity contribution in [2.75, 3.05) is 6.61 Å². The molecule has 0 spiro atoms. The average Bonchev–Trinajstić information content (AvgIpc) is 2.30. The number of rotatable bonds is 2. The third-order valence-corrected chi connectivity index (χ3v) is 2.74. The van der Waals surface area contributed by atoms with Gasteiger partial charge in [-0.3, -0.25) is 0 Å². The van der Waals surface area contributed by atoms with E-state index in [1.807, 2.05) is 12.1 Å². The predicted molar refractivity (Wildman–Crippen MR) is 59.1 cm³/mol. The van der Waals surface area contributed by atoms with Gasteiger partial charge in [0.15, 0.2) is 0 Å². The summed E-state index contributed by atoms with van der Waals surface area (Å²) >= 11 is 0. The summed E-state index contributed by atoms with van der Waals surface area (Å²) in [7, 11) is 0. The van der Waals surface area contributed by atoms with Gasteiger partial charge in [0.1, 0.15) is 0 Å². The summed E-state index contributed by atoms with van der Waals surface area (Å²) in [5, 5.41) is 0. The first-order chi connectivity index (χ1) is 6.92. The number of hydrogen-bond acceptors (Lipinski definition) is 1. The molecule has 0 aliphatic carbocycles. The molecule has 1 aromatic rings. The molecule has 0 bridgehead atoms. The second kappa shape index (κ2) is 4.43. The SMILES string of the molecule is C=Cc1ccccc1C1CCCCO1. The molecule has 1 fully saturated rings. The highest BCUT2D eigenvalue weighted by Crippen LogP contribution is 2.30. The lowest BCUT2D eigenvalue weighted by Gasteiger charge is -2.24. The van der Waals surface area contributed by atoms with Crippen LogP contribution in [0.2, 0.25) is 0 Å². The topological polar surface area (TPSA) is 9.23 Å². The zero-order valence-electron chi connectivity index (χ0n) is 8.41. The predicted octanol–water partition coefficient (Wildman–Crippen LogP) is 3.57. The molecule has 1 aliphatic rings. The minimum Gasteiger partial charge on any atom is -0.374 e. The van der Waals surface area contributed by atoms with E-state index in [2.05, 4.69) is 24.8 Å². The first kappa shape index (κ1) is 9.47. The van der Waals surface area contributed by atoms with Crippen molar-refractivity contribution in [3.05, 3.63) is 42.0 Å². The van der Waals surface area contributed by atoms with Gasteiger partial charge in [-0.2, -0.15) is 0 Å². The molecule has 0 aromatic heterocycles. The Kier molecular flexibility index (Phi) is 3.00.